The van der Waals surface area contributed by atoms with Gasteiger partial charge in [0.05, 0.1) is 0 Å². The van der Waals surface area contributed by atoms with Gasteiger partial charge in [-0.05, 0) is 36.9 Å². The maximum atomic E-state index is 11.7. The van der Waals surface area contributed by atoms with Crippen molar-refractivity contribution in [3.63, 3.8) is 0 Å². The van der Waals surface area contributed by atoms with Gasteiger partial charge in [0, 0.05) is 24.8 Å². The lowest BCUT2D eigenvalue weighted by atomic mass is 10.1. The molecular weight excluding hydrogens is 222 g/mol. The van der Waals surface area contributed by atoms with Gasteiger partial charge < -0.3 is 10.4 Å². The van der Waals surface area contributed by atoms with E-state index in [4.69, 9.17) is 5.11 Å². The summed E-state index contributed by atoms with van der Waals surface area (Å²) in [4.78, 5) is 11.7. The second kappa shape index (κ2) is 5.92. The van der Waals surface area contributed by atoms with Crippen LogP contribution in [0.2, 0.25) is 0 Å². The largest absolute Gasteiger partial charge is 0.396 e. The summed E-state index contributed by atoms with van der Waals surface area (Å²) in [6.07, 6.45) is 4.73. The summed E-state index contributed by atoms with van der Waals surface area (Å²) in [6, 6.07) is 0. The van der Waals surface area contributed by atoms with Crippen LogP contribution in [0.1, 0.15) is 25.7 Å². The van der Waals surface area contributed by atoms with E-state index >= 15 is 0 Å². The zero-order chi connectivity index (χ0) is 11.4. The van der Waals surface area contributed by atoms with Gasteiger partial charge in [-0.3, -0.25) is 4.79 Å². The minimum atomic E-state index is 0.269. The molecule has 2 saturated carbocycles. The van der Waals surface area contributed by atoms with Gasteiger partial charge in [-0.1, -0.05) is 6.42 Å². The molecule has 2 unspecified atom stereocenters. The van der Waals surface area contributed by atoms with Crippen molar-refractivity contribution in [3.8, 4) is 0 Å². The summed E-state index contributed by atoms with van der Waals surface area (Å²) in [5.74, 6) is 4.05. The molecule has 3 nitrogen and oxygen atoms in total. The number of thioether (sulfide) groups is 1. The first-order valence-electron chi connectivity index (χ1n) is 6.31. The number of rotatable bonds is 7. The van der Waals surface area contributed by atoms with Gasteiger partial charge in [-0.15, -0.1) is 0 Å². The molecule has 0 heterocycles. The molecule has 0 bridgehead atoms. The Bertz CT molecular complexity index is 237. The second-order valence-corrected chi connectivity index (χ2v) is 5.99. The quantitative estimate of drug-likeness (QED) is 0.662. The Hall–Kier alpha value is -0.220. The summed E-state index contributed by atoms with van der Waals surface area (Å²) in [5.41, 5.74) is 0. The van der Waals surface area contributed by atoms with Crippen molar-refractivity contribution in [1.29, 1.82) is 0 Å². The van der Waals surface area contributed by atoms with E-state index in [1.165, 1.54) is 19.3 Å². The van der Waals surface area contributed by atoms with E-state index in [1.807, 2.05) is 0 Å². The maximum Gasteiger partial charge on any atom is 0.223 e. The molecule has 0 aromatic rings. The first-order valence-corrected chi connectivity index (χ1v) is 7.46. The molecule has 4 heteroatoms. The predicted octanol–water partition coefficient (Wildman–Crippen LogP) is 1.26. The predicted molar refractivity (Wildman–Crippen MR) is 66.4 cm³/mol. The topological polar surface area (TPSA) is 49.3 Å². The fourth-order valence-corrected chi connectivity index (χ4v) is 3.63. The van der Waals surface area contributed by atoms with Gasteiger partial charge in [0.2, 0.25) is 5.91 Å². The summed E-state index contributed by atoms with van der Waals surface area (Å²) >= 11 is 1.80. The number of hydrogen-bond donors (Lipinski definition) is 2. The van der Waals surface area contributed by atoms with E-state index in [2.05, 4.69) is 5.32 Å². The van der Waals surface area contributed by atoms with Crippen LogP contribution in [0, 0.1) is 17.8 Å². The van der Waals surface area contributed by atoms with Crippen LogP contribution >= 0.6 is 11.8 Å². The molecule has 0 saturated heterocycles. The maximum absolute atomic E-state index is 11.7. The van der Waals surface area contributed by atoms with Crippen LogP contribution in [-0.2, 0) is 4.79 Å². The van der Waals surface area contributed by atoms with Crippen molar-refractivity contribution in [2.24, 2.45) is 17.8 Å². The molecule has 2 N–H and O–H groups in total. The number of amides is 1. The van der Waals surface area contributed by atoms with Crippen LogP contribution in [-0.4, -0.2) is 35.7 Å². The average Bonchev–Trinajstić information content (AvgIpc) is 2.77. The van der Waals surface area contributed by atoms with E-state index < -0.39 is 0 Å². The Kier molecular flexibility index (Phi) is 4.53. The van der Waals surface area contributed by atoms with E-state index in [0.717, 1.165) is 36.3 Å². The third-order valence-electron chi connectivity index (χ3n) is 3.70. The van der Waals surface area contributed by atoms with Crippen LogP contribution in [0.15, 0.2) is 0 Å². The third-order valence-corrected chi connectivity index (χ3v) is 4.77. The molecule has 1 amide bonds. The molecule has 0 aromatic carbocycles. The normalized spacial score (nSPS) is 31.2. The third kappa shape index (κ3) is 2.92. The van der Waals surface area contributed by atoms with Gasteiger partial charge in [-0.2, -0.15) is 11.8 Å². The Morgan fingerprint density at radius 2 is 2.06 bits per heavy atom. The highest BCUT2D eigenvalue weighted by atomic mass is 32.2. The highest BCUT2D eigenvalue weighted by Gasteiger charge is 2.56. The molecule has 2 atom stereocenters. The summed E-state index contributed by atoms with van der Waals surface area (Å²) < 4.78 is 0. The fraction of sp³-hybridized carbons (Fsp3) is 0.917. The smallest absolute Gasteiger partial charge is 0.223 e. The van der Waals surface area contributed by atoms with Crippen molar-refractivity contribution >= 4 is 17.7 Å². The van der Waals surface area contributed by atoms with Crippen LogP contribution in [0.4, 0.5) is 0 Å². The van der Waals surface area contributed by atoms with Crippen molar-refractivity contribution in [3.05, 3.63) is 0 Å². The fourth-order valence-electron chi connectivity index (χ4n) is 2.84. The first kappa shape index (κ1) is 12.2. The van der Waals surface area contributed by atoms with Crippen LogP contribution in [0.25, 0.3) is 0 Å². The van der Waals surface area contributed by atoms with Crippen LogP contribution in [0.3, 0.4) is 0 Å². The van der Waals surface area contributed by atoms with Gasteiger partial charge >= 0.3 is 0 Å². The number of hydrogen-bond acceptors (Lipinski definition) is 3. The average molecular weight is 243 g/mol. The lowest BCUT2D eigenvalue weighted by Gasteiger charge is -2.06. The lowest BCUT2D eigenvalue weighted by molar-refractivity contribution is -0.122. The minimum absolute atomic E-state index is 0.269. The number of fused-ring (bicyclic) bond motifs is 1. The number of aliphatic hydroxyl groups excluding tert-OH is 1. The molecule has 92 valence electrons. The van der Waals surface area contributed by atoms with Crippen LogP contribution < -0.4 is 5.32 Å². The molecular formula is C12H21NO2S. The van der Waals surface area contributed by atoms with E-state index in [-0.39, 0.29) is 12.5 Å². The Labute approximate surface area is 101 Å². The van der Waals surface area contributed by atoms with E-state index in [0.29, 0.717) is 5.92 Å². The zero-order valence-electron chi connectivity index (χ0n) is 9.65. The molecule has 0 radical (unpaired) electrons. The molecule has 2 rings (SSSR count). The molecule has 0 spiro atoms. The summed E-state index contributed by atoms with van der Waals surface area (Å²) in [6.45, 7) is 1.05. The Balaban J connectivity index is 1.49. The van der Waals surface area contributed by atoms with Gasteiger partial charge in [0.15, 0.2) is 0 Å². The number of aliphatic hydroxyl groups is 1. The summed E-state index contributed by atoms with van der Waals surface area (Å²) in [5, 5.41) is 11.6. The monoisotopic (exact) mass is 243 g/mol. The van der Waals surface area contributed by atoms with Crippen LogP contribution in [0.5, 0.6) is 0 Å². The molecule has 0 aromatic heterocycles. The molecule has 2 aliphatic rings. The molecule has 2 fully saturated rings. The summed E-state index contributed by atoms with van der Waals surface area (Å²) in [7, 11) is 0. The molecule has 16 heavy (non-hydrogen) atoms. The van der Waals surface area contributed by atoms with Crippen molar-refractivity contribution in [1.82, 2.24) is 5.32 Å². The molecule has 2 aliphatic carbocycles. The lowest BCUT2D eigenvalue weighted by Crippen LogP contribution is -2.28. The number of carbonyl (C=O) groups is 1. The number of carbonyl (C=O) groups excluding carboxylic acids is 1. The first-order chi connectivity index (χ1) is 7.84. The van der Waals surface area contributed by atoms with Crippen molar-refractivity contribution < 1.29 is 9.90 Å². The van der Waals surface area contributed by atoms with Crippen molar-refractivity contribution in [2.75, 3.05) is 24.7 Å². The highest BCUT2D eigenvalue weighted by molar-refractivity contribution is 7.99. The molecule has 0 aliphatic heterocycles. The van der Waals surface area contributed by atoms with E-state index in [9.17, 15) is 4.79 Å². The second-order valence-electron chi connectivity index (χ2n) is 4.76. The van der Waals surface area contributed by atoms with Gasteiger partial charge in [0.1, 0.15) is 0 Å². The highest BCUT2D eigenvalue weighted by Crippen LogP contribution is 2.57. The van der Waals surface area contributed by atoms with Crippen molar-refractivity contribution in [2.45, 2.75) is 25.7 Å². The SMILES string of the molecule is O=C(NCCSCCCO)C1C2CCCC21. The minimum Gasteiger partial charge on any atom is -0.396 e. The Morgan fingerprint density at radius 3 is 2.75 bits per heavy atom. The van der Waals surface area contributed by atoms with Gasteiger partial charge in [-0.25, -0.2) is 0 Å². The number of nitrogens with one attached hydrogen (secondary N) is 1. The van der Waals surface area contributed by atoms with Gasteiger partial charge in [0.25, 0.3) is 0 Å². The zero-order valence-corrected chi connectivity index (χ0v) is 10.5. The Morgan fingerprint density at radius 1 is 1.31 bits per heavy atom. The van der Waals surface area contributed by atoms with E-state index in [1.54, 1.807) is 11.8 Å². The standard InChI is InChI=1S/C12H21NO2S/c14-6-2-7-16-8-5-13-12(15)11-9-3-1-4-10(9)11/h9-11,14H,1-8H2,(H,13,15).